The molecule has 0 unspecified atom stereocenters. The Bertz CT molecular complexity index is 1470. The Morgan fingerprint density at radius 2 is 1.74 bits per heavy atom. The number of ether oxygens (including phenoxy) is 3. The van der Waals surface area contributed by atoms with Crippen molar-refractivity contribution in [3.8, 4) is 16.9 Å². The number of carboxylic acids is 1. The summed E-state index contributed by atoms with van der Waals surface area (Å²) in [6, 6.07) is 18.2. The van der Waals surface area contributed by atoms with Gasteiger partial charge >= 0.3 is 12.1 Å². The summed E-state index contributed by atoms with van der Waals surface area (Å²) in [4.78, 5) is 25.9. The highest BCUT2D eigenvalue weighted by Gasteiger charge is 2.41. The number of rotatable bonds is 9. The van der Waals surface area contributed by atoms with E-state index in [2.05, 4.69) is 16.3 Å². The first-order valence-corrected chi connectivity index (χ1v) is 14.6. The number of halogens is 1. The topological polar surface area (TPSA) is 97.3 Å². The van der Waals surface area contributed by atoms with Gasteiger partial charge in [0, 0.05) is 47.4 Å². The highest BCUT2D eigenvalue weighted by Crippen LogP contribution is 2.40. The average molecular weight is 591 g/mol. The molecule has 0 saturated carbocycles. The molecule has 0 atom stereocenters. The van der Waals surface area contributed by atoms with Gasteiger partial charge in [-0.1, -0.05) is 36.4 Å². The summed E-state index contributed by atoms with van der Waals surface area (Å²) in [7, 11) is 0. The summed E-state index contributed by atoms with van der Waals surface area (Å²) in [5.74, 6) is -0.849. The van der Waals surface area contributed by atoms with Crippen LogP contribution in [0.1, 0.15) is 50.3 Å². The molecule has 0 aliphatic carbocycles. The minimum Gasteiger partial charge on any atom is -0.489 e. The van der Waals surface area contributed by atoms with Crippen LogP contribution in [0.5, 0.6) is 5.75 Å². The normalized spacial score (nSPS) is 16.0. The van der Waals surface area contributed by atoms with Gasteiger partial charge in [0.05, 0.1) is 19.6 Å². The Balaban J connectivity index is 1.42. The molecule has 2 aliphatic heterocycles. The zero-order valence-corrected chi connectivity index (χ0v) is 25.0. The zero-order valence-electron chi connectivity index (χ0n) is 25.0. The fraction of sp³-hybridized carbons (Fsp3) is 0.412. The maximum atomic E-state index is 15.9. The number of nitrogens with one attached hydrogen (secondary N) is 1. The lowest BCUT2D eigenvalue weighted by atomic mass is 9.76. The molecule has 2 N–H and O–H groups in total. The Morgan fingerprint density at radius 3 is 2.42 bits per heavy atom. The maximum Gasteiger partial charge on any atom is 0.407 e. The van der Waals surface area contributed by atoms with E-state index in [9.17, 15) is 14.7 Å². The quantitative estimate of drug-likeness (QED) is 0.300. The van der Waals surface area contributed by atoms with Gasteiger partial charge in [-0.3, -0.25) is 4.79 Å². The number of piperidine rings is 1. The number of amides is 1. The van der Waals surface area contributed by atoms with E-state index in [0.29, 0.717) is 28.0 Å². The number of anilines is 1. The van der Waals surface area contributed by atoms with E-state index in [1.54, 1.807) is 57.2 Å². The standard InChI is InChI=1S/C34H39FN2O6/c1-33(2,3)43-32(40)36-19-25-8-6-9-28(31(25)35)26-15-23(20-42-29-10-5-4-7-24(29)18-30(38)39)16-27(17-26)37-13-11-34(12-14-37)21-41-22-34/h4-10,15-17H,11-14,18-22H2,1-3H3,(H,36,40)(H,38,39). The van der Waals surface area contributed by atoms with Crippen LogP contribution in [0.15, 0.2) is 60.7 Å². The van der Waals surface area contributed by atoms with E-state index < -0.39 is 23.5 Å². The number of carbonyl (C=O) groups excluding carboxylic acids is 1. The minimum atomic E-state index is -0.934. The Labute approximate surface area is 251 Å². The van der Waals surface area contributed by atoms with Gasteiger partial charge in [0.2, 0.25) is 0 Å². The van der Waals surface area contributed by atoms with Crippen LogP contribution >= 0.6 is 0 Å². The second-order valence-corrected chi connectivity index (χ2v) is 12.5. The fourth-order valence-corrected chi connectivity index (χ4v) is 5.55. The van der Waals surface area contributed by atoms with Gasteiger partial charge in [-0.05, 0) is 69.0 Å². The van der Waals surface area contributed by atoms with E-state index in [1.165, 1.54) is 0 Å². The number of aliphatic carboxylic acids is 1. The van der Waals surface area contributed by atoms with Crippen molar-refractivity contribution in [2.75, 3.05) is 31.2 Å². The number of nitrogens with zero attached hydrogens (tertiary/aromatic N) is 1. The lowest BCUT2D eigenvalue weighted by Gasteiger charge is -2.48. The Morgan fingerprint density at radius 1 is 1.02 bits per heavy atom. The molecule has 43 heavy (non-hydrogen) atoms. The highest BCUT2D eigenvalue weighted by molar-refractivity contribution is 5.72. The predicted molar refractivity (Wildman–Crippen MR) is 162 cm³/mol. The summed E-state index contributed by atoms with van der Waals surface area (Å²) >= 11 is 0. The lowest BCUT2D eigenvalue weighted by Crippen LogP contribution is -2.50. The smallest absolute Gasteiger partial charge is 0.407 e. The average Bonchev–Trinajstić information content (AvgIpc) is 2.94. The van der Waals surface area contributed by atoms with Gasteiger partial charge in [-0.2, -0.15) is 0 Å². The monoisotopic (exact) mass is 590 g/mol. The number of carbonyl (C=O) groups is 2. The number of carboxylic acid groups (broad SMARTS) is 1. The molecule has 8 nitrogen and oxygen atoms in total. The van der Waals surface area contributed by atoms with Crippen molar-refractivity contribution in [3.05, 3.63) is 83.2 Å². The van der Waals surface area contributed by atoms with Crippen LogP contribution in [0.4, 0.5) is 14.9 Å². The van der Waals surface area contributed by atoms with Crippen molar-refractivity contribution in [3.63, 3.8) is 0 Å². The Kier molecular flexibility index (Phi) is 8.92. The molecule has 2 fully saturated rings. The van der Waals surface area contributed by atoms with Crippen LogP contribution in [0.25, 0.3) is 11.1 Å². The van der Waals surface area contributed by atoms with Crippen LogP contribution in [0.3, 0.4) is 0 Å². The Hall–Kier alpha value is -4.11. The van der Waals surface area contributed by atoms with Crippen molar-refractivity contribution >= 4 is 17.7 Å². The van der Waals surface area contributed by atoms with Gasteiger partial charge < -0.3 is 29.5 Å². The largest absolute Gasteiger partial charge is 0.489 e. The first-order chi connectivity index (χ1) is 20.5. The van der Waals surface area contributed by atoms with E-state index in [1.807, 2.05) is 18.2 Å². The predicted octanol–water partition coefficient (Wildman–Crippen LogP) is 6.34. The number of hydrogen-bond acceptors (Lipinski definition) is 6. The molecule has 2 heterocycles. The molecule has 2 saturated heterocycles. The summed E-state index contributed by atoms with van der Waals surface area (Å²) < 4.78 is 32.8. The summed E-state index contributed by atoms with van der Waals surface area (Å²) in [5.41, 5.74) is 3.47. The highest BCUT2D eigenvalue weighted by atomic mass is 19.1. The first-order valence-electron chi connectivity index (χ1n) is 14.6. The molecule has 5 rings (SSSR count). The van der Waals surface area contributed by atoms with Gasteiger partial charge in [-0.25, -0.2) is 9.18 Å². The molecule has 3 aromatic rings. The zero-order chi connectivity index (χ0) is 30.6. The number of alkyl carbamates (subject to hydrolysis) is 1. The van der Waals surface area contributed by atoms with Crippen molar-refractivity contribution in [2.45, 2.75) is 58.8 Å². The molecule has 0 aromatic heterocycles. The molecular weight excluding hydrogens is 551 g/mol. The SMILES string of the molecule is CC(C)(C)OC(=O)NCc1cccc(-c2cc(COc3ccccc3CC(=O)O)cc(N3CCC4(CC3)COC4)c2)c1F. The van der Waals surface area contributed by atoms with Crippen LogP contribution in [0.2, 0.25) is 0 Å². The van der Waals surface area contributed by atoms with Crippen molar-refractivity contribution in [1.29, 1.82) is 0 Å². The van der Waals surface area contributed by atoms with Crippen molar-refractivity contribution in [1.82, 2.24) is 5.32 Å². The first kappa shape index (κ1) is 30.4. The fourth-order valence-electron chi connectivity index (χ4n) is 5.55. The molecule has 9 heteroatoms. The van der Waals surface area contributed by atoms with Crippen LogP contribution in [-0.4, -0.2) is 49.1 Å². The molecular formula is C34H39FN2O6. The van der Waals surface area contributed by atoms with E-state index >= 15 is 4.39 Å². The van der Waals surface area contributed by atoms with E-state index in [-0.39, 0.29) is 25.0 Å². The number of benzene rings is 3. The van der Waals surface area contributed by atoms with Gasteiger partial charge in [0.15, 0.2) is 0 Å². The van der Waals surface area contributed by atoms with Crippen molar-refractivity contribution < 1.29 is 33.3 Å². The van der Waals surface area contributed by atoms with Crippen LogP contribution < -0.4 is 15.0 Å². The lowest BCUT2D eigenvalue weighted by molar-refractivity contribution is -0.136. The molecule has 2 aliphatic rings. The third kappa shape index (κ3) is 7.65. The molecule has 1 spiro atoms. The second kappa shape index (κ2) is 12.6. The van der Waals surface area contributed by atoms with Crippen LogP contribution in [0, 0.1) is 11.2 Å². The molecule has 3 aromatic carbocycles. The molecule has 0 bridgehead atoms. The van der Waals surface area contributed by atoms with Crippen molar-refractivity contribution in [2.24, 2.45) is 5.41 Å². The third-order valence-corrected chi connectivity index (χ3v) is 7.90. The summed E-state index contributed by atoms with van der Waals surface area (Å²) in [5, 5.41) is 12.0. The van der Waals surface area contributed by atoms with Gasteiger partial charge in [0.1, 0.15) is 23.8 Å². The third-order valence-electron chi connectivity index (χ3n) is 7.90. The number of para-hydroxylation sites is 1. The molecule has 228 valence electrons. The molecule has 1 amide bonds. The van der Waals surface area contributed by atoms with Gasteiger partial charge in [0.25, 0.3) is 0 Å². The number of hydrogen-bond donors (Lipinski definition) is 2. The van der Waals surface area contributed by atoms with E-state index in [4.69, 9.17) is 14.2 Å². The van der Waals surface area contributed by atoms with Crippen LogP contribution in [-0.2, 0) is 33.8 Å². The maximum absolute atomic E-state index is 15.9. The summed E-state index contributed by atoms with van der Waals surface area (Å²) in [6.45, 7) is 8.86. The minimum absolute atomic E-state index is 0.0130. The summed E-state index contributed by atoms with van der Waals surface area (Å²) in [6.07, 6.45) is 1.31. The van der Waals surface area contributed by atoms with E-state index in [0.717, 1.165) is 50.4 Å². The molecule has 0 radical (unpaired) electrons. The van der Waals surface area contributed by atoms with Gasteiger partial charge in [-0.15, -0.1) is 0 Å². The second-order valence-electron chi connectivity index (χ2n) is 12.5.